The molecule has 1 N–H and O–H groups in total. The van der Waals surface area contributed by atoms with Crippen molar-refractivity contribution in [3.8, 4) is 0 Å². The molecule has 1 saturated heterocycles. The molecule has 9 nitrogen and oxygen atoms in total. The molecule has 1 rings (SSSR count). The van der Waals surface area contributed by atoms with Crippen LogP contribution in [0.15, 0.2) is 0 Å². The first kappa shape index (κ1) is 20.9. The number of carbonyl (C=O) groups is 4. The summed E-state index contributed by atoms with van der Waals surface area (Å²) in [6.07, 6.45) is -0.870. The summed E-state index contributed by atoms with van der Waals surface area (Å²) in [5.74, 6) is -3.70. The van der Waals surface area contributed by atoms with E-state index in [1.165, 1.54) is 12.0 Å². The molecule has 142 valence electrons. The summed E-state index contributed by atoms with van der Waals surface area (Å²) in [5, 5.41) is 3.52. The summed E-state index contributed by atoms with van der Waals surface area (Å²) in [4.78, 5) is 54.7. The first-order valence-corrected chi connectivity index (χ1v) is 8.34. The third kappa shape index (κ3) is 4.47. The van der Waals surface area contributed by atoms with Gasteiger partial charge in [0.1, 0.15) is 0 Å². The minimum absolute atomic E-state index is 0.00528. The van der Waals surface area contributed by atoms with Crippen molar-refractivity contribution in [1.82, 2.24) is 10.4 Å². The van der Waals surface area contributed by atoms with Crippen LogP contribution >= 0.6 is 0 Å². The van der Waals surface area contributed by atoms with Crippen LogP contribution < -0.4 is 5.32 Å². The highest BCUT2D eigenvalue weighted by molar-refractivity contribution is 6.08. The SMILES string of the molecule is CCOC(=O)C(CC1C(=O)N(CC)OC1C)(NC(C)=O)C(=O)OCC. The number of carbonyl (C=O) groups excluding carboxylic acids is 4. The van der Waals surface area contributed by atoms with Crippen LogP contribution in [0.3, 0.4) is 0 Å². The topological polar surface area (TPSA) is 111 Å². The fourth-order valence-electron chi connectivity index (χ4n) is 2.74. The standard InChI is InChI=1S/C16H26N2O7/c1-6-18-13(20)12(10(4)25-18)9-16(17-11(5)19,14(21)23-7-2)15(22)24-8-3/h10,12H,6-9H2,1-5H3,(H,17,19). The van der Waals surface area contributed by atoms with E-state index in [-0.39, 0.29) is 25.5 Å². The number of esters is 2. The second kappa shape index (κ2) is 8.80. The molecule has 0 bridgehead atoms. The molecule has 0 saturated carbocycles. The fraction of sp³-hybridized carbons (Fsp3) is 0.750. The van der Waals surface area contributed by atoms with Crippen molar-refractivity contribution < 1.29 is 33.5 Å². The van der Waals surface area contributed by atoms with Gasteiger partial charge in [-0.15, -0.1) is 0 Å². The van der Waals surface area contributed by atoms with Gasteiger partial charge in [-0.25, -0.2) is 14.7 Å². The molecule has 25 heavy (non-hydrogen) atoms. The Bertz CT molecular complexity index is 517. The maximum atomic E-state index is 12.6. The Morgan fingerprint density at radius 1 is 1.16 bits per heavy atom. The Kier molecular flexibility index (Phi) is 7.35. The van der Waals surface area contributed by atoms with Gasteiger partial charge in [0.15, 0.2) is 0 Å². The number of nitrogens with one attached hydrogen (secondary N) is 1. The second-order valence-electron chi connectivity index (χ2n) is 5.68. The van der Waals surface area contributed by atoms with Crippen LogP contribution in [-0.4, -0.2) is 60.2 Å². The highest BCUT2D eigenvalue weighted by Crippen LogP contribution is 2.31. The maximum absolute atomic E-state index is 12.6. The predicted octanol–water partition coefficient (Wildman–Crippen LogP) is 0.176. The third-order valence-electron chi connectivity index (χ3n) is 3.87. The van der Waals surface area contributed by atoms with E-state index >= 15 is 0 Å². The van der Waals surface area contributed by atoms with Crippen LogP contribution in [0.25, 0.3) is 0 Å². The molecule has 0 radical (unpaired) electrons. The molecule has 9 heteroatoms. The van der Waals surface area contributed by atoms with Crippen LogP contribution in [0.1, 0.15) is 41.0 Å². The molecular formula is C16H26N2O7. The molecule has 1 aliphatic heterocycles. The van der Waals surface area contributed by atoms with E-state index < -0.39 is 35.4 Å². The van der Waals surface area contributed by atoms with Gasteiger partial charge in [-0.1, -0.05) is 0 Å². The summed E-state index contributed by atoms with van der Waals surface area (Å²) in [6, 6.07) is 0. The molecule has 0 aromatic rings. The minimum atomic E-state index is -2.10. The predicted molar refractivity (Wildman–Crippen MR) is 85.9 cm³/mol. The quantitative estimate of drug-likeness (QED) is 0.486. The lowest BCUT2D eigenvalue weighted by Crippen LogP contribution is -2.62. The molecule has 1 heterocycles. The van der Waals surface area contributed by atoms with Crippen molar-refractivity contribution >= 4 is 23.8 Å². The average molecular weight is 358 g/mol. The number of ether oxygens (including phenoxy) is 2. The zero-order valence-electron chi connectivity index (χ0n) is 15.3. The van der Waals surface area contributed by atoms with Crippen molar-refractivity contribution in [2.45, 2.75) is 52.7 Å². The molecule has 1 aliphatic rings. The van der Waals surface area contributed by atoms with E-state index in [4.69, 9.17) is 14.3 Å². The minimum Gasteiger partial charge on any atom is -0.464 e. The van der Waals surface area contributed by atoms with Gasteiger partial charge >= 0.3 is 11.9 Å². The molecule has 1 fully saturated rings. The van der Waals surface area contributed by atoms with E-state index in [9.17, 15) is 19.2 Å². The van der Waals surface area contributed by atoms with Gasteiger partial charge in [0.2, 0.25) is 11.4 Å². The van der Waals surface area contributed by atoms with Crippen molar-refractivity contribution in [1.29, 1.82) is 0 Å². The highest BCUT2D eigenvalue weighted by atomic mass is 16.7. The molecule has 2 atom stereocenters. The van der Waals surface area contributed by atoms with Crippen LogP contribution in [0.2, 0.25) is 0 Å². The first-order chi connectivity index (χ1) is 11.7. The summed E-state index contributed by atoms with van der Waals surface area (Å²) in [5.41, 5.74) is -2.10. The smallest absolute Gasteiger partial charge is 0.343 e. The Hall–Kier alpha value is -2.16. The molecule has 0 aromatic carbocycles. The van der Waals surface area contributed by atoms with Crippen LogP contribution in [0.4, 0.5) is 0 Å². The number of nitrogens with zero attached hydrogens (tertiary/aromatic N) is 1. The maximum Gasteiger partial charge on any atom is 0.343 e. The van der Waals surface area contributed by atoms with Crippen molar-refractivity contribution in [3.63, 3.8) is 0 Å². The fourth-order valence-corrected chi connectivity index (χ4v) is 2.74. The Morgan fingerprint density at radius 3 is 2.04 bits per heavy atom. The van der Waals surface area contributed by atoms with Gasteiger partial charge in [-0.05, 0) is 27.7 Å². The Labute approximate surface area is 146 Å². The van der Waals surface area contributed by atoms with Crippen LogP contribution in [-0.2, 0) is 33.5 Å². The number of amides is 2. The third-order valence-corrected chi connectivity index (χ3v) is 3.87. The van der Waals surface area contributed by atoms with Gasteiger partial charge in [-0.2, -0.15) is 0 Å². The lowest BCUT2D eigenvalue weighted by atomic mass is 9.84. The summed E-state index contributed by atoms with van der Waals surface area (Å²) in [7, 11) is 0. The van der Waals surface area contributed by atoms with Crippen LogP contribution in [0.5, 0.6) is 0 Å². The first-order valence-electron chi connectivity index (χ1n) is 8.34. The van der Waals surface area contributed by atoms with Crippen molar-refractivity contribution in [2.24, 2.45) is 5.92 Å². The molecule has 0 spiro atoms. The monoisotopic (exact) mass is 358 g/mol. The van der Waals surface area contributed by atoms with E-state index in [0.29, 0.717) is 6.54 Å². The van der Waals surface area contributed by atoms with E-state index in [1.807, 2.05) is 0 Å². The summed E-state index contributed by atoms with van der Waals surface area (Å²) < 4.78 is 9.98. The second-order valence-corrected chi connectivity index (χ2v) is 5.68. The Balaban J connectivity index is 3.27. The van der Waals surface area contributed by atoms with E-state index in [0.717, 1.165) is 0 Å². The molecule has 0 aromatic heterocycles. The Morgan fingerprint density at radius 2 is 1.68 bits per heavy atom. The number of rotatable bonds is 8. The van der Waals surface area contributed by atoms with E-state index in [2.05, 4.69) is 5.32 Å². The molecular weight excluding hydrogens is 332 g/mol. The highest BCUT2D eigenvalue weighted by Gasteiger charge is 2.55. The normalized spacial score (nSPS) is 20.4. The molecule has 0 aliphatic carbocycles. The summed E-state index contributed by atoms with van der Waals surface area (Å²) in [6.45, 7) is 8.06. The lowest BCUT2D eigenvalue weighted by Gasteiger charge is -2.31. The van der Waals surface area contributed by atoms with Gasteiger partial charge in [0.25, 0.3) is 5.91 Å². The number of hydrogen-bond donors (Lipinski definition) is 1. The van der Waals surface area contributed by atoms with Crippen molar-refractivity contribution in [3.05, 3.63) is 0 Å². The lowest BCUT2D eigenvalue weighted by molar-refractivity contribution is -0.170. The van der Waals surface area contributed by atoms with Gasteiger partial charge in [-0.3, -0.25) is 14.4 Å². The van der Waals surface area contributed by atoms with Crippen molar-refractivity contribution in [2.75, 3.05) is 19.8 Å². The van der Waals surface area contributed by atoms with Crippen LogP contribution in [0, 0.1) is 5.92 Å². The zero-order valence-corrected chi connectivity index (χ0v) is 15.3. The average Bonchev–Trinajstić information content (AvgIpc) is 2.81. The van der Waals surface area contributed by atoms with Gasteiger partial charge < -0.3 is 14.8 Å². The molecule has 2 amide bonds. The molecule has 2 unspecified atom stereocenters. The largest absolute Gasteiger partial charge is 0.464 e. The van der Waals surface area contributed by atoms with E-state index in [1.54, 1.807) is 27.7 Å². The van der Waals surface area contributed by atoms with Gasteiger partial charge in [0, 0.05) is 19.9 Å². The summed E-state index contributed by atoms with van der Waals surface area (Å²) >= 11 is 0. The zero-order chi connectivity index (χ0) is 19.2. The number of hydrogen-bond acceptors (Lipinski definition) is 7. The number of hydroxylamine groups is 2. The van der Waals surface area contributed by atoms with Gasteiger partial charge in [0.05, 0.1) is 25.2 Å².